The zero-order valence-electron chi connectivity index (χ0n) is 7.81. The van der Waals surface area contributed by atoms with Gasteiger partial charge < -0.3 is 0 Å². The molecule has 0 N–H and O–H groups in total. The average Bonchev–Trinajstić information content (AvgIpc) is 2.45. The van der Waals surface area contributed by atoms with E-state index in [4.69, 9.17) is 0 Å². The van der Waals surface area contributed by atoms with Gasteiger partial charge in [-0.25, -0.2) is 0 Å². The summed E-state index contributed by atoms with van der Waals surface area (Å²) in [6.45, 7) is 6.15. The van der Waals surface area contributed by atoms with Crippen molar-refractivity contribution in [1.82, 2.24) is 0 Å². The Kier molecular flexibility index (Phi) is 4.37. The van der Waals surface area contributed by atoms with Crippen LogP contribution in [0, 0.1) is 6.92 Å². The molecule has 0 bridgehead atoms. The Morgan fingerprint density at radius 1 is 1.33 bits per heavy atom. The zero-order valence-corrected chi connectivity index (χ0v) is 8.62. The Morgan fingerprint density at radius 2 is 2.17 bits per heavy atom. The molecule has 1 heterocycles. The second-order valence-corrected chi connectivity index (χ2v) is 4.23. The zero-order chi connectivity index (χ0) is 8.81. The Labute approximate surface area is 79.6 Å². The molecule has 0 spiro atoms. The van der Waals surface area contributed by atoms with Crippen LogP contribution in [-0.2, 0) is 6.42 Å². The summed E-state index contributed by atoms with van der Waals surface area (Å²) < 4.78 is 0. The number of hydrogen-bond donors (Lipinski definition) is 0. The van der Waals surface area contributed by atoms with Gasteiger partial charge in [-0.05, 0) is 36.8 Å². The van der Waals surface area contributed by atoms with Crippen LogP contribution in [0.25, 0.3) is 0 Å². The highest BCUT2D eigenvalue weighted by Crippen LogP contribution is 2.16. The van der Waals surface area contributed by atoms with E-state index in [0.29, 0.717) is 0 Å². The molecular weight excluding hydrogens is 164 g/mol. The third-order valence-electron chi connectivity index (χ3n) is 1.98. The number of rotatable bonds is 5. The molecule has 0 aliphatic rings. The molecule has 67 valence electrons. The lowest BCUT2D eigenvalue weighted by Crippen LogP contribution is -1.80. The second-order valence-electron chi connectivity index (χ2n) is 3.23. The lowest BCUT2D eigenvalue weighted by atomic mass is 10.1. The van der Waals surface area contributed by atoms with Gasteiger partial charge in [0, 0.05) is 4.88 Å². The standard InChI is InChI=1S/C11H17S/c1-3-4-5-6-7-11-8-10(2)9-12-11/h8-9H,2-7H2,1H3. The first-order valence-corrected chi connectivity index (χ1v) is 5.60. The summed E-state index contributed by atoms with van der Waals surface area (Å²) >= 11 is 1.85. The van der Waals surface area contributed by atoms with Gasteiger partial charge in [0.15, 0.2) is 0 Å². The van der Waals surface area contributed by atoms with E-state index in [1.165, 1.54) is 42.5 Å². The van der Waals surface area contributed by atoms with Gasteiger partial charge in [-0.15, -0.1) is 11.3 Å². The molecule has 1 aromatic heterocycles. The van der Waals surface area contributed by atoms with Crippen LogP contribution in [-0.4, -0.2) is 0 Å². The van der Waals surface area contributed by atoms with Gasteiger partial charge in [0.2, 0.25) is 0 Å². The van der Waals surface area contributed by atoms with E-state index in [2.05, 4.69) is 25.3 Å². The normalized spacial score (nSPS) is 10.5. The molecular formula is C11H17S. The lowest BCUT2D eigenvalue weighted by Gasteiger charge is -1.96. The highest BCUT2D eigenvalue weighted by atomic mass is 32.1. The fourth-order valence-electron chi connectivity index (χ4n) is 1.28. The van der Waals surface area contributed by atoms with Crippen LogP contribution in [0.5, 0.6) is 0 Å². The highest BCUT2D eigenvalue weighted by molar-refractivity contribution is 7.10. The molecule has 1 aromatic rings. The van der Waals surface area contributed by atoms with Crippen molar-refractivity contribution in [2.24, 2.45) is 0 Å². The van der Waals surface area contributed by atoms with Crippen LogP contribution in [0.1, 0.15) is 43.0 Å². The van der Waals surface area contributed by atoms with Gasteiger partial charge in [0.25, 0.3) is 0 Å². The minimum absolute atomic E-state index is 1.17. The molecule has 0 aromatic carbocycles. The van der Waals surface area contributed by atoms with Crippen LogP contribution < -0.4 is 0 Å². The summed E-state index contributed by atoms with van der Waals surface area (Å²) in [7, 11) is 0. The maximum Gasteiger partial charge on any atom is 0.00480 e. The number of unbranched alkanes of at least 4 members (excludes halogenated alkanes) is 3. The third-order valence-corrected chi connectivity index (χ3v) is 3.03. The quantitative estimate of drug-likeness (QED) is 0.601. The van der Waals surface area contributed by atoms with Crippen LogP contribution in [0.2, 0.25) is 0 Å². The maximum absolute atomic E-state index is 3.90. The largest absolute Gasteiger partial charge is 0.149 e. The molecule has 0 saturated carbocycles. The summed E-state index contributed by atoms with van der Waals surface area (Å²) in [6, 6.07) is 2.20. The molecule has 1 heteroatoms. The van der Waals surface area contributed by atoms with Crippen LogP contribution in [0.15, 0.2) is 11.4 Å². The predicted molar refractivity (Wildman–Crippen MR) is 56.6 cm³/mol. The van der Waals surface area contributed by atoms with Crippen molar-refractivity contribution >= 4 is 11.3 Å². The summed E-state index contributed by atoms with van der Waals surface area (Å²) in [5.41, 5.74) is 1.17. The van der Waals surface area contributed by atoms with Gasteiger partial charge in [0.05, 0.1) is 0 Å². The van der Waals surface area contributed by atoms with E-state index >= 15 is 0 Å². The predicted octanol–water partition coefficient (Wildman–Crippen LogP) is 4.05. The number of aryl methyl sites for hydroxylation is 1. The van der Waals surface area contributed by atoms with Crippen LogP contribution in [0.4, 0.5) is 0 Å². The van der Waals surface area contributed by atoms with Gasteiger partial charge in [0.1, 0.15) is 0 Å². The average molecular weight is 181 g/mol. The van der Waals surface area contributed by atoms with Crippen molar-refractivity contribution < 1.29 is 0 Å². The second kappa shape index (κ2) is 5.36. The fourth-order valence-corrected chi connectivity index (χ4v) is 2.14. The third kappa shape index (κ3) is 3.40. The van der Waals surface area contributed by atoms with E-state index in [1.807, 2.05) is 11.3 Å². The van der Waals surface area contributed by atoms with E-state index in [-0.39, 0.29) is 0 Å². The molecule has 12 heavy (non-hydrogen) atoms. The van der Waals surface area contributed by atoms with Gasteiger partial charge in [-0.2, -0.15) is 0 Å². The van der Waals surface area contributed by atoms with E-state index in [9.17, 15) is 0 Å². The lowest BCUT2D eigenvalue weighted by molar-refractivity contribution is 0.670. The van der Waals surface area contributed by atoms with Gasteiger partial charge >= 0.3 is 0 Å². The molecule has 0 amide bonds. The fraction of sp³-hybridized carbons (Fsp3) is 0.545. The summed E-state index contributed by atoms with van der Waals surface area (Å²) in [4.78, 5) is 1.50. The number of hydrogen-bond acceptors (Lipinski definition) is 1. The number of thiophene rings is 1. The summed E-state index contributed by atoms with van der Waals surface area (Å²) in [6.07, 6.45) is 6.67. The highest BCUT2D eigenvalue weighted by Gasteiger charge is 1.95. The first-order valence-electron chi connectivity index (χ1n) is 4.72. The molecule has 0 unspecified atom stereocenters. The Hall–Kier alpha value is -0.300. The molecule has 1 rings (SSSR count). The van der Waals surface area contributed by atoms with Crippen molar-refractivity contribution in [3.63, 3.8) is 0 Å². The van der Waals surface area contributed by atoms with Gasteiger partial charge in [-0.1, -0.05) is 26.2 Å². The monoisotopic (exact) mass is 181 g/mol. The van der Waals surface area contributed by atoms with E-state index in [0.717, 1.165) is 0 Å². The Morgan fingerprint density at radius 3 is 2.75 bits per heavy atom. The SMILES string of the molecule is [CH2]c1csc(CCCCCC)c1. The molecule has 1 radical (unpaired) electrons. The molecule has 0 aliphatic carbocycles. The topological polar surface area (TPSA) is 0 Å². The first kappa shape index (κ1) is 9.79. The van der Waals surface area contributed by atoms with Crippen LogP contribution >= 0.6 is 11.3 Å². The molecule has 0 fully saturated rings. The minimum Gasteiger partial charge on any atom is -0.149 e. The van der Waals surface area contributed by atoms with Crippen LogP contribution in [0.3, 0.4) is 0 Å². The van der Waals surface area contributed by atoms with Crippen molar-refractivity contribution in [3.8, 4) is 0 Å². The summed E-state index contributed by atoms with van der Waals surface area (Å²) in [5.74, 6) is 0. The molecule has 0 aliphatic heterocycles. The maximum atomic E-state index is 3.90. The molecule has 0 saturated heterocycles. The van der Waals surface area contributed by atoms with E-state index in [1.54, 1.807) is 0 Å². The summed E-state index contributed by atoms with van der Waals surface area (Å²) in [5, 5.41) is 2.13. The van der Waals surface area contributed by atoms with Gasteiger partial charge in [-0.3, -0.25) is 0 Å². The van der Waals surface area contributed by atoms with E-state index < -0.39 is 0 Å². The minimum atomic E-state index is 1.17. The van der Waals surface area contributed by atoms with Crippen molar-refractivity contribution in [2.45, 2.75) is 39.0 Å². The molecule has 0 atom stereocenters. The molecule has 0 nitrogen and oxygen atoms in total. The van der Waals surface area contributed by atoms with Crippen molar-refractivity contribution in [3.05, 3.63) is 28.8 Å². The Bertz CT molecular complexity index is 213. The van der Waals surface area contributed by atoms with Crippen molar-refractivity contribution in [2.75, 3.05) is 0 Å². The first-order chi connectivity index (χ1) is 5.83. The Balaban J connectivity index is 2.15. The van der Waals surface area contributed by atoms with Crippen molar-refractivity contribution in [1.29, 1.82) is 0 Å². The smallest absolute Gasteiger partial charge is 0.00480 e.